The highest BCUT2D eigenvalue weighted by atomic mass is 16.5. The Hall–Kier alpha value is -2.32. The molecule has 0 amide bonds. The van der Waals surface area contributed by atoms with Gasteiger partial charge in [0.15, 0.2) is 0 Å². The van der Waals surface area contributed by atoms with Crippen LogP contribution in [0.4, 0.5) is 0 Å². The van der Waals surface area contributed by atoms with E-state index in [-0.39, 0.29) is 0 Å². The van der Waals surface area contributed by atoms with Gasteiger partial charge in [-0.05, 0) is 18.4 Å². The molecule has 0 radical (unpaired) electrons. The Balaban J connectivity index is 1.55. The lowest BCUT2D eigenvalue weighted by Crippen LogP contribution is -2.85. The van der Waals surface area contributed by atoms with Gasteiger partial charge < -0.3 is 10.1 Å². The molecule has 0 aromatic heterocycles. The molecule has 0 unspecified atom stereocenters. The van der Waals surface area contributed by atoms with Crippen molar-refractivity contribution < 1.29 is 10.1 Å². The Labute approximate surface area is 131 Å². The predicted molar refractivity (Wildman–Crippen MR) is 91.1 cm³/mol. The molecule has 0 saturated carbocycles. The fraction of sp³-hybridized carbons (Fsp3) is 0.200. The van der Waals surface area contributed by atoms with Gasteiger partial charge >= 0.3 is 0 Å². The van der Waals surface area contributed by atoms with Gasteiger partial charge in [0.25, 0.3) is 0 Å². The molecule has 0 spiro atoms. The summed E-state index contributed by atoms with van der Waals surface area (Å²) in [6.07, 6.45) is 0. The summed E-state index contributed by atoms with van der Waals surface area (Å²) in [5.41, 5.74) is 1.35. The average molecular weight is 292 g/mol. The lowest BCUT2D eigenvalue weighted by molar-refractivity contribution is -0.693. The first-order chi connectivity index (χ1) is 10.8. The molecule has 0 aliphatic carbocycles. The van der Waals surface area contributed by atoms with E-state index in [2.05, 4.69) is 72.9 Å². The van der Waals surface area contributed by atoms with E-state index >= 15 is 0 Å². The highest BCUT2D eigenvalue weighted by Gasteiger charge is 2.07. The van der Waals surface area contributed by atoms with Gasteiger partial charge in [0.2, 0.25) is 0 Å². The van der Waals surface area contributed by atoms with Crippen LogP contribution in [0.1, 0.15) is 18.5 Å². The quantitative estimate of drug-likeness (QED) is 0.691. The molecule has 2 nitrogen and oxygen atoms in total. The number of fused-ring (bicyclic) bond motifs is 1. The second kappa shape index (κ2) is 7.10. The minimum atomic E-state index is 0.456. The van der Waals surface area contributed by atoms with E-state index in [9.17, 15) is 0 Å². The van der Waals surface area contributed by atoms with Crippen molar-refractivity contribution in [2.75, 3.05) is 13.2 Å². The Morgan fingerprint density at radius 1 is 0.864 bits per heavy atom. The minimum Gasteiger partial charge on any atom is -0.487 e. The second-order valence-corrected chi connectivity index (χ2v) is 5.55. The minimum absolute atomic E-state index is 0.456. The van der Waals surface area contributed by atoms with E-state index in [1.165, 1.54) is 16.3 Å². The van der Waals surface area contributed by atoms with Crippen LogP contribution in [-0.2, 0) is 0 Å². The molecule has 22 heavy (non-hydrogen) atoms. The number of benzene rings is 3. The van der Waals surface area contributed by atoms with E-state index in [1.54, 1.807) is 0 Å². The summed E-state index contributed by atoms with van der Waals surface area (Å²) in [5, 5.41) is 4.73. The average Bonchev–Trinajstić information content (AvgIpc) is 2.59. The van der Waals surface area contributed by atoms with Crippen molar-refractivity contribution in [2.24, 2.45) is 0 Å². The van der Waals surface area contributed by atoms with Crippen molar-refractivity contribution in [3.8, 4) is 5.75 Å². The molecule has 3 aromatic rings. The normalized spacial score (nSPS) is 12.2. The second-order valence-electron chi connectivity index (χ2n) is 5.55. The molecule has 0 aliphatic heterocycles. The largest absolute Gasteiger partial charge is 0.487 e. The third-order valence-electron chi connectivity index (χ3n) is 3.97. The molecule has 0 heterocycles. The SMILES string of the molecule is C[C@H]([NH2+]CCOc1cccc2ccccc12)c1ccccc1. The van der Waals surface area contributed by atoms with Crippen LogP contribution in [-0.4, -0.2) is 13.2 Å². The third kappa shape index (κ3) is 3.46. The smallest absolute Gasteiger partial charge is 0.137 e. The summed E-state index contributed by atoms with van der Waals surface area (Å²) in [6.45, 7) is 3.89. The molecular weight excluding hydrogens is 270 g/mol. The number of ether oxygens (including phenoxy) is 1. The van der Waals surface area contributed by atoms with Crippen molar-refractivity contribution in [3.05, 3.63) is 78.4 Å². The number of hydrogen-bond acceptors (Lipinski definition) is 1. The summed E-state index contributed by atoms with van der Waals surface area (Å²) in [6, 6.07) is 25.6. The van der Waals surface area contributed by atoms with Gasteiger partial charge in [-0.2, -0.15) is 0 Å². The van der Waals surface area contributed by atoms with Gasteiger partial charge in [-0.15, -0.1) is 0 Å². The summed E-state index contributed by atoms with van der Waals surface area (Å²) in [5.74, 6) is 0.971. The van der Waals surface area contributed by atoms with E-state index in [0.29, 0.717) is 12.6 Å². The maximum atomic E-state index is 5.97. The van der Waals surface area contributed by atoms with E-state index in [0.717, 1.165) is 12.3 Å². The van der Waals surface area contributed by atoms with Gasteiger partial charge in [0.1, 0.15) is 24.9 Å². The van der Waals surface area contributed by atoms with Crippen LogP contribution in [0.5, 0.6) is 5.75 Å². The number of quaternary nitrogens is 1. The highest BCUT2D eigenvalue weighted by Crippen LogP contribution is 2.24. The third-order valence-corrected chi connectivity index (χ3v) is 3.97. The van der Waals surface area contributed by atoms with E-state index in [1.807, 2.05) is 12.1 Å². The maximum Gasteiger partial charge on any atom is 0.137 e. The van der Waals surface area contributed by atoms with Crippen LogP contribution < -0.4 is 10.1 Å². The fourth-order valence-corrected chi connectivity index (χ4v) is 2.70. The zero-order chi connectivity index (χ0) is 15.2. The Kier molecular flexibility index (Phi) is 4.71. The Bertz CT molecular complexity index is 719. The van der Waals surface area contributed by atoms with E-state index in [4.69, 9.17) is 4.74 Å². The first-order valence-electron chi connectivity index (χ1n) is 7.83. The molecule has 0 aliphatic rings. The van der Waals surface area contributed by atoms with E-state index < -0.39 is 0 Å². The number of rotatable bonds is 6. The summed E-state index contributed by atoms with van der Waals surface area (Å²) < 4.78 is 5.97. The monoisotopic (exact) mass is 292 g/mol. The van der Waals surface area contributed by atoms with Gasteiger partial charge in [0.05, 0.1) is 0 Å². The van der Waals surface area contributed by atoms with Crippen LogP contribution >= 0.6 is 0 Å². The van der Waals surface area contributed by atoms with Gasteiger partial charge in [-0.25, -0.2) is 0 Å². The molecule has 2 N–H and O–H groups in total. The molecule has 0 fully saturated rings. The van der Waals surface area contributed by atoms with Crippen LogP contribution in [0.2, 0.25) is 0 Å². The molecule has 0 bridgehead atoms. The topological polar surface area (TPSA) is 25.8 Å². The molecule has 2 heteroatoms. The molecule has 3 rings (SSSR count). The van der Waals surface area contributed by atoms with Crippen LogP contribution in [0.25, 0.3) is 10.8 Å². The number of hydrogen-bond donors (Lipinski definition) is 1. The highest BCUT2D eigenvalue weighted by molar-refractivity contribution is 5.88. The lowest BCUT2D eigenvalue weighted by Gasteiger charge is -2.12. The fourth-order valence-electron chi connectivity index (χ4n) is 2.70. The molecule has 3 aromatic carbocycles. The first kappa shape index (κ1) is 14.6. The predicted octanol–water partition coefficient (Wildman–Crippen LogP) is 3.54. The molecule has 112 valence electrons. The van der Waals surface area contributed by atoms with Crippen molar-refractivity contribution in [3.63, 3.8) is 0 Å². The zero-order valence-corrected chi connectivity index (χ0v) is 12.9. The lowest BCUT2D eigenvalue weighted by atomic mass is 10.1. The van der Waals surface area contributed by atoms with Crippen LogP contribution in [0.15, 0.2) is 72.8 Å². The molecule has 0 saturated heterocycles. The Morgan fingerprint density at radius 2 is 1.59 bits per heavy atom. The summed E-state index contributed by atoms with van der Waals surface area (Å²) >= 11 is 0. The summed E-state index contributed by atoms with van der Waals surface area (Å²) in [4.78, 5) is 0. The Morgan fingerprint density at radius 3 is 2.45 bits per heavy atom. The van der Waals surface area contributed by atoms with Crippen LogP contribution in [0.3, 0.4) is 0 Å². The van der Waals surface area contributed by atoms with Crippen molar-refractivity contribution in [1.82, 2.24) is 0 Å². The van der Waals surface area contributed by atoms with Crippen LogP contribution in [0, 0.1) is 0 Å². The van der Waals surface area contributed by atoms with Gasteiger partial charge in [-0.3, -0.25) is 0 Å². The number of nitrogens with two attached hydrogens (primary N) is 1. The zero-order valence-electron chi connectivity index (χ0n) is 12.9. The van der Waals surface area contributed by atoms with Gasteiger partial charge in [0, 0.05) is 10.9 Å². The van der Waals surface area contributed by atoms with Crippen molar-refractivity contribution in [2.45, 2.75) is 13.0 Å². The summed E-state index contributed by atoms with van der Waals surface area (Å²) in [7, 11) is 0. The maximum absolute atomic E-state index is 5.97. The van der Waals surface area contributed by atoms with Crippen molar-refractivity contribution in [1.29, 1.82) is 0 Å². The van der Waals surface area contributed by atoms with Crippen molar-refractivity contribution >= 4 is 10.8 Å². The molecule has 1 atom stereocenters. The molecular formula is C20H22NO+. The standard InChI is InChI=1S/C20H21NO/c1-16(17-8-3-2-4-9-17)21-14-15-22-20-13-7-11-18-10-5-6-12-19(18)20/h2-13,16,21H,14-15H2,1H3/p+1/t16-/m0/s1. The first-order valence-corrected chi connectivity index (χ1v) is 7.83. The van der Waals surface area contributed by atoms with Gasteiger partial charge in [-0.1, -0.05) is 66.7 Å².